The normalized spacial score (nSPS) is 16.1. The van der Waals surface area contributed by atoms with Crippen molar-refractivity contribution in [1.82, 2.24) is 14.6 Å². The standard InChI is InChI=1S/C18H20N4O5S/c1-9(23)22-12(10-5-6-13(26-3)14(7-10)27-4)8-11(20-22)15-16(24)19-18(28)21(2)17(15)25/h5-7,12,25H,8H2,1-4H3,(H,19,24,28). The van der Waals surface area contributed by atoms with Crippen molar-refractivity contribution in [2.75, 3.05) is 14.2 Å². The Morgan fingerprint density at radius 2 is 2.00 bits per heavy atom. The summed E-state index contributed by atoms with van der Waals surface area (Å²) in [5.41, 5.74) is 0.479. The van der Waals surface area contributed by atoms with Crippen molar-refractivity contribution in [2.24, 2.45) is 12.1 Å². The number of H-pyrrole nitrogens is 1. The van der Waals surface area contributed by atoms with Crippen LogP contribution in [-0.2, 0) is 11.8 Å². The van der Waals surface area contributed by atoms with Crippen LogP contribution in [-0.4, -0.2) is 45.5 Å². The van der Waals surface area contributed by atoms with E-state index in [4.69, 9.17) is 21.7 Å². The van der Waals surface area contributed by atoms with Crippen molar-refractivity contribution in [3.63, 3.8) is 0 Å². The molecular formula is C18H20N4O5S. The van der Waals surface area contributed by atoms with Crippen LogP contribution in [0.15, 0.2) is 28.1 Å². The van der Waals surface area contributed by atoms with Gasteiger partial charge in [0, 0.05) is 20.4 Å². The number of aromatic hydroxyl groups is 1. The Morgan fingerprint density at radius 3 is 2.61 bits per heavy atom. The van der Waals surface area contributed by atoms with E-state index < -0.39 is 11.6 Å². The summed E-state index contributed by atoms with van der Waals surface area (Å²) in [5.74, 6) is 0.473. The highest BCUT2D eigenvalue weighted by Gasteiger charge is 2.34. The van der Waals surface area contributed by atoms with Gasteiger partial charge in [0.2, 0.25) is 11.8 Å². The number of amides is 1. The van der Waals surface area contributed by atoms with Crippen LogP contribution in [0, 0.1) is 4.77 Å². The molecule has 2 aromatic rings. The Bertz CT molecular complexity index is 1090. The van der Waals surface area contributed by atoms with Gasteiger partial charge in [-0.25, -0.2) is 5.01 Å². The summed E-state index contributed by atoms with van der Waals surface area (Å²) in [6.45, 7) is 1.39. The lowest BCUT2D eigenvalue weighted by atomic mass is 9.98. The van der Waals surface area contributed by atoms with Gasteiger partial charge >= 0.3 is 0 Å². The molecule has 3 rings (SSSR count). The average molecular weight is 404 g/mol. The molecule has 0 fully saturated rings. The van der Waals surface area contributed by atoms with Crippen LogP contribution in [0.4, 0.5) is 0 Å². The summed E-state index contributed by atoms with van der Waals surface area (Å²) in [6, 6.07) is 4.84. The number of carbonyl (C=O) groups excluding carboxylic acids is 1. The number of hydrazone groups is 1. The first-order chi connectivity index (χ1) is 13.3. The van der Waals surface area contributed by atoms with Gasteiger partial charge in [-0.1, -0.05) is 6.07 Å². The number of aromatic amines is 1. The number of carbonyl (C=O) groups is 1. The molecule has 0 saturated carbocycles. The number of hydrogen-bond donors (Lipinski definition) is 2. The molecule has 1 atom stereocenters. The molecule has 148 valence electrons. The van der Waals surface area contributed by atoms with Crippen molar-refractivity contribution >= 4 is 23.8 Å². The van der Waals surface area contributed by atoms with E-state index in [1.807, 2.05) is 0 Å². The number of nitrogens with zero attached hydrogens (tertiary/aromatic N) is 3. The molecule has 2 heterocycles. The molecule has 10 heteroatoms. The maximum absolute atomic E-state index is 12.4. The fourth-order valence-electron chi connectivity index (χ4n) is 3.14. The first-order valence-corrected chi connectivity index (χ1v) is 8.81. The van der Waals surface area contributed by atoms with Gasteiger partial charge in [0.25, 0.3) is 5.56 Å². The highest BCUT2D eigenvalue weighted by atomic mass is 32.1. The minimum Gasteiger partial charge on any atom is -0.494 e. The monoisotopic (exact) mass is 404 g/mol. The van der Waals surface area contributed by atoms with Gasteiger partial charge in [0.05, 0.1) is 26.0 Å². The molecule has 2 N–H and O–H groups in total. The molecule has 0 saturated heterocycles. The highest BCUT2D eigenvalue weighted by Crippen LogP contribution is 2.37. The van der Waals surface area contributed by atoms with Gasteiger partial charge in [-0.3, -0.25) is 19.1 Å². The predicted molar refractivity (Wildman–Crippen MR) is 104 cm³/mol. The minimum atomic E-state index is -0.559. The average Bonchev–Trinajstić information content (AvgIpc) is 3.10. The van der Waals surface area contributed by atoms with E-state index in [2.05, 4.69) is 10.1 Å². The van der Waals surface area contributed by atoms with Gasteiger partial charge < -0.3 is 14.6 Å². The van der Waals surface area contributed by atoms with Crippen LogP contribution in [0.2, 0.25) is 0 Å². The van der Waals surface area contributed by atoms with Crippen molar-refractivity contribution in [1.29, 1.82) is 0 Å². The summed E-state index contributed by atoms with van der Waals surface area (Å²) < 4.78 is 11.9. The Labute approximate surface area is 165 Å². The summed E-state index contributed by atoms with van der Waals surface area (Å²) >= 11 is 5.00. The number of nitrogens with one attached hydrogen (secondary N) is 1. The van der Waals surface area contributed by atoms with E-state index in [0.717, 1.165) is 5.56 Å². The van der Waals surface area contributed by atoms with Gasteiger partial charge in [0.1, 0.15) is 5.56 Å². The topological polar surface area (TPSA) is 109 Å². The second-order valence-electron chi connectivity index (χ2n) is 6.26. The molecule has 1 amide bonds. The second-order valence-corrected chi connectivity index (χ2v) is 6.65. The Morgan fingerprint density at radius 1 is 1.32 bits per heavy atom. The van der Waals surface area contributed by atoms with Crippen molar-refractivity contribution in [2.45, 2.75) is 19.4 Å². The fourth-order valence-corrected chi connectivity index (χ4v) is 3.32. The SMILES string of the molecule is COc1ccc(C2CC(c3c(O)n(C)c(=S)[nH]c3=O)=NN2C(C)=O)cc1OC. The number of rotatable bonds is 4. The van der Waals surface area contributed by atoms with Gasteiger partial charge in [-0.05, 0) is 29.9 Å². The second kappa shape index (κ2) is 7.47. The van der Waals surface area contributed by atoms with Crippen LogP contribution in [0.3, 0.4) is 0 Å². The molecule has 0 radical (unpaired) electrons. The largest absolute Gasteiger partial charge is 0.494 e. The van der Waals surface area contributed by atoms with Crippen LogP contribution in [0.1, 0.15) is 30.5 Å². The molecule has 1 unspecified atom stereocenters. The molecular weight excluding hydrogens is 384 g/mol. The first kappa shape index (κ1) is 19.6. The molecule has 1 aliphatic heterocycles. The van der Waals surface area contributed by atoms with E-state index in [-0.39, 0.29) is 28.5 Å². The zero-order chi connectivity index (χ0) is 20.6. The van der Waals surface area contributed by atoms with Gasteiger partial charge in [-0.15, -0.1) is 0 Å². The Balaban J connectivity index is 2.08. The maximum atomic E-state index is 12.4. The van der Waals surface area contributed by atoms with Gasteiger partial charge in [-0.2, -0.15) is 5.10 Å². The molecule has 9 nitrogen and oxygen atoms in total. The summed E-state index contributed by atoms with van der Waals surface area (Å²) in [6.07, 6.45) is 0.239. The smallest absolute Gasteiger partial charge is 0.264 e. The van der Waals surface area contributed by atoms with Crippen LogP contribution in [0.5, 0.6) is 17.4 Å². The number of hydrogen-bond acceptors (Lipinski definition) is 7. The molecule has 1 aromatic heterocycles. The molecule has 28 heavy (non-hydrogen) atoms. The number of methoxy groups -OCH3 is 2. The fraction of sp³-hybridized carbons (Fsp3) is 0.333. The van der Waals surface area contributed by atoms with Crippen molar-refractivity contribution < 1.29 is 19.4 Å². The van der Waals surface area contributed by atoms with E-state index >= 15 is 0 Å². The Kier molecular flexibility index (Phi) is 5.23. The van der Waals surface area contributed by atoms with Crippen LogP contribution >= 0.6 is 12.2 Å². The van der Waals surface area contributed by atoms with Crippen molar-refractivity contribution in [3.05, 3.63) is 44.5 Å². The quantitative estimate of drug-likeness (QED) is 0.753. The van der Waals surface area contributed by atoms with Crippen molar-refractivity contribution in [3.8, 4) is 17.4 Å². The maximum Gasteiger partial charge on any atom is 0.264 e. The molecule has 1 aromatic carbocycles. The zero-order valence-electron chi connectivity index (χ0n) is 15.8. The highest BCUT2D eigenvalue weighted by molar-refractivity contribution is 7.71. The molecule has 0 spiro atoms. The minimum absolute atomic E-state index is 0.00896. The third kappa shape index (κ3) is 3.26. The van der Waals surface area contributed by atoms with Gasteiger partial charge in [0.15, 0.2) is 16.3 Å². The van der Waals surface area contributed by atoms with E-state index in [0.29, 0.717) is 17.2 Å². The first-order valence-electron chi connectivity index (χ1n) is 8.40. The summed E-state index contributed by atoms with van der Waals surface area (Å²) in [4.78, 5) is 27.1. The number of benzene rings is 1. The zero-order valence-corrected chi connectivity index (χ0v) is 16.7. The van der Waals surface area contributed by atoms with E-state index in [1.165, 1.54) is 37.8 Å². The van der Waals surface area contributed by atoms with Crippen LogP contribution < -0.4 is 15.0 Å². The molecule has 1 aliphatic rings. The summed E-state index contributed by atoms with van der Waals surface area (Å²) in [5, 5.41) is 16.0. The number of aromatic nitrogens is 2. The third-order valence-corrected chi connectivity index (χ3v) is 4.98. The lowest BCUT2D eigenvalue weighted by Gasteiger charge is -2.21. The Hall–Kier alpha value is -3.14. The van der Waals surface area contributed by atoms with E-state index in [9.17, 15) is 14.7 Å². The van der Waals surface area contributed by atoms with Crippen LogP contribution in [0.25, 0.3) is 0 Å². The lowest BCUT2D eigenvalue weighted by Crippen LogP contribution is -2.24. The molecule has 0 bridgehead atoms. The number of ether oxygens (including phenoxy) is 2. The third-order valence-electron chi connectivity index (χ3n) is 4.61. The summed E-state index contributed by atoms with van der Waals surface area (Å²) in [7, 11) is 4.59. The predicted octanol–water partition coefficient (Wildman–Crippen LogP) is 1.86. The van der Waals surface area contributed by atoms with E-state index in [1.54, 1.807) is 18.2 Å². The molecule has 0 aliphatic carbocycles. The lowest BCUT2D eigenvalue weighted by molar-refractivity contribution is -0.130.